The van der Waals surface area contributed by atoms with Crippen LogP contribution in [-0.4, -0.2) is 60.8 Å². The van der Waals surface area contributed by atoms with E-state index in [1.807, 2.05) is 36.4 Å². The standard InChI is InChI=1S/C22H25N3O4/c26-21(23-16-19-15-17-7-4-5-10-20(17)28-19)24-11-6-12-25(14-13-24)22(27)29-18-8-2-1-3-9-18/h1-5,7-10,19H,6,11-16H2,(H,23,26)/t19-/m0/s1. The summed E-state index contributed by atoms with van der Waals surface area (Å²) >= 11 is 0. The smallest absolute Gasteiger partial charge is 0.415 e. The molecule has 0 bridgehead atoms. The second-order valence-electron chi connectivity index (χ2n) is 7.25. The number of rotatable bonds is 3. The third kappa shape index (κ3) is 4.80. The van der Waals surface area contributed by atoms with Gasteiger partial charge in [0.05, 0.1) is 6.54 Å². The molecule has 1 atom stereocenters. The van der Waals surface area contributed by atoms with Crippen LogP contribution in [0.1, 0.15) is 12.0 Å². The number of ether oxygens (including phenoxy) is 2. The molecule has 1 fully saturated rings. The van der Waals surface area contributed by atoms with Gasteiger partial charge >= 0.3 is 12.1 Å². The van der Waals surface area contributed by atoms with E-state index in [2.05, 4.69) is 11.4 Å². The summed E-state index contributed by atoms with van der Waals surface area (Å²) in [6.45, 7) is 2.55. The molecule has 29 heavy (non-hydrogen) atoms. The fourth-order valence-corrected chi connectivity index (χ4v) is 3.64. The van der Waals surface area contributed by atoms with Gasteiger partial charge in [-0.1, -0.05) is 36.4 Å². The number of carbonyl (C=O) groups excluding carboxylic acids is 2. The summed E-state index contributed by atoms with van der Waals surface area (Å²) < 4.78 is 11.3. The van der Waals surface area contributed by atoms with E-state index in [9.17, 15) is 9.59 Å². The Kier molecular flexibility index (Phi) is 5.84. The lowest BCUT2D eigenvalue weighted by molar-refractivity contribution is 0.152. The maximum atomic E-state index is 12.6. The zero-order valence-corrected chi connectivity index (χ0v) is 16.3. The van der Waals surface area contributed by atoms with Crippen molar-refractivity contribution in [3.05, 3.63) is 60.2 Å². The van der Waals surface area contributed by atoms with Crippen LogP contribution in [0.3, 0.4) is 0 Å². The first-order valence-corrected chi connectivity index (χ1v) is 9.98. The van der Waals surface area contributed by atoms with Gasteiger partial charge < -0.3 is 24.6 Å². The van der Waals surface area contributed by atoms with Crippen molar-refractivity contribution in [2.45, 2.75) is 18.9 Å². The molecule has 1 saturated heterocycles. The third-order valence-electron chi connectivity index (χ3n) is 5.18. The largest absolute Gasteiger partial charge is 0.488 e. The fourth-order valence-electron chi connectivity index (χ4n) is 3.64. The van der Waals surface area contributed by atoms with E-state index in [0.717, 1.165) is 12.2 Å². The summed E-state index contributed by atoms with van der Waals surface area (Å²) in [6.07, 6.45) is 1.09. The van der Waals surface area contributed by atoms with E-state index < -0.39 is 0 Å². The van der Waals surface area contributed by atoms with Crippen molar-refractivity contribution < 1.29 is 19.1 Å². The molecule has 3 amide bonds. The number of nitrogens with zero attached hydrogens (tertiary/aromatic N) is 2. The number of nitrogens with one attached hydrogen (secondary N) is 1. The maximum absolute atomic E-state index is 12.6. The molecule has 0 aliphatic carbocycles. The molecule has 2 heterocycles. The van der Waals surface area contributed by atoms with Gasteiger partial charge in [0, 0.05) is 32.6 Å². The molecule has 0 spiro atoms. The van der Waals surface area contributed by atoms with Crippen molar-refractivity contribution in [1.29, 1.82) is 0 Å². The minimum atomic E-state index is -0.379. The summed E-state index contributed by atoms with van der Waals surface area (Å²) in [7, 11) is 0. The van der Waals surface area contributed by atoms with E-state index in [1.165, 1.54) is 5.56 Å². The Labute approximate surface area is 170 Å². The molecule has 7 heteroatoms. The second kappa shape index (κ2) is 8.86. The quantitative estimate of drug-likeness (QED) is 0.868. The van der Waals surface area contributed by atoms with Crippen molar-refractivity contribution in [2.75, 3.05) is 32.7 Å². The van der Waals surface area contributed by atoms with Gasteiger partial charge in [0.2, 0.25) is 0 Å². The lowest BCUT2D eigenvalue weighted by atomic mass is 10.1. The molecule has 152 valence electrons. The van der Waals surface area contributed by atoms with Crippen molar-refractivity contribution in [2.24, 2.45) is 0 Å². The van der Waals surface area contributed by atoms with Crippen LogP contribution in [0.15, 0.2) is 54.6 Å². The van der Waals surface area contributed by atoms with Crippen molar-refractivity contribution in [3.63, 3.8) is 0 Å². The highest BCUT2D eigenvalue weighted by Crippen LogP contribution is 2.27. The summed E-state index contributed by atoms with van der Waals surface area (Å²) in [5.74, 6) is 1.42. The predicted octanol–water partition coefficient (Wildman–Crippen LogP) is 2.91. The van der Waals surface area contributed by atoms with Crippen LogP contribution >= 0.6 is 0 Å². The molecule has 1 N–H and O–H groups in total. The fraction of sp³-hybridized carbons (Fsp3) is 0.364. The molecule has 7 nitrogen and oxygen atoms in total. The first kappa shape index (κ1) is 19.1. The van der Waals surface area contributed by atoms with E-state index in [0.29, 0.717) is 44.9 Å². The number of hydrogen-bond acceptors (Lipinski definition) is 4. The van der Waals surface area contributed by atoms with Crippen LogP contribution in [0.25, 0.3) is 0 Å². The normalized spacial score (nSPS) is 18.4. The van der Waals surface area contributed by atoms with Gasteiger partial charge in [-0.05, 0) is 30.2 Å². The van der Waals surface area contributed by atoms with Crippen LogP contribution < -0.4 is 14.8 Å². The Morgan fingerprint density at radius 2 is 1.69 bits per heavy atom. The van der Waals surface area contributed by atoms with E-state index in [4.69, 9.17) is 9.47 Å². The zero-order valence-electron chi connectivity index (χ0n) is 16.3. The SMILES string of the molecule is O=C(NC[C@@H]1Cc2ccccc2O1)N1CCCN(C(=O)Oc2ccccc2)CC1. The summed E-state index contributed by atoms with van der Waals surface area (Å²) in [5.41, 5.74) is 1.18. The summed E-state index contributed by atoms with van der Waals surface area (Å²) in [4.78, 5) is 28.3. The lowest BCUT2D eigenvalue weighted by Crippen LogP contribution is -2.45. The van der Waals surface area contributed by atoms with Gasteiger partial charge in [-0.15, -0.1) is 0 Å². The van der Waals surface area contributed by atoms with Gasteiger partial charge in [-0.2, -0.15) is 0 Å². The van der Waals surface area contributed by atoms with Crippen molar-refractivity contribution in [3.8, 4) is 11.5 Å². The Hall–Kier alpha value is -3.22. The van der Waals surface area contributed by atoms with E-state index in [1.54, 1.807) is 21.9 Å². The highest BCUT2D eigenvalue weighted by molar-refractivity contribution is 5.75. The number of carbonyl (C=O) groups is 2. The third-order valence-corrected chi connectivity index (χ3v) is 5.18. The number of urea groups is 1. The molecule has 0 aromatic heterocycles. The van der Waals surface area contributed by atoms with E-state index in [-0.39, 0.29) is 18.2 Å². The predicted molar refractivity (Wildman–Crippen MR) is 108 cm³/mol. The molecular weight excluding hydrogens is 370 g/mol. The molecule has 2 aromatic carbocycles. The number of fused-ring (bicyclic) bond motifs is 1. The molecule has 0 radical (unpaired) electrons. The zero-order chi connectivity index (χ0) is 20.1. The van der Waals surface area contributed by atoms with Gasteiger partial charge in [0.25, 0.3) is 0 Å². The summed E-state index contributed by atoms with van der Waals surface area (Å²) in [6, 6.07) is 16.8. The van der Waals surface area contributed by atoms with Gasteiger partial charge in [-0.3, -0.25) is 0 Å². The second-order valence-corrected chi connectivity index (χ2v) is 7.25. The number of para-hydroxylation sites is 2. The molecule has 2 aromatic rings. The highest BCUT2D eigenvalue weighted by atomic mass is 16.6. The van der Waals surface area contributed by atoms with Crippen LogP contribution in [0.2, 0.25) is 0 Å². The molecule has 0 unspecified atom stereocenters. The van der Waals surface area contributed by atoms with Crippen LogP contribution in [0.4, 0.5) is 9.59 Å². The number of benzene rings is 2. The van der Waals surface area contributed by atoms with Gasteiger partial charge in [0.15, 0.2) is 0 Å². The van der Waals surface area contributed by atoms with Crippen LogP contribution in [-0.2, 0) is 6.42 Å². The van der Waals surface area contributed by atoms with Crippen LogP contribution in [0, 0.1) is 0 Å². The highest BCUT2D eigenvalue weighted by Gasteiger charge is 2.26. The van der Waals surface area contributed by atoms with Crippen LogP contribution in [0.5, 0.6) is 11.5 Å². The molecule has 0 saturated carbocycles. The Morgan fingerprint density at radius 3 is 2.52 bits per heavy atom. The van der Waals surface area contributed by atoms with Gasteiger partial charge in [-0.25, -0.2) is 9.59 Å². The average Bonchev–Trinajstić information content (AvgIpc) is 2.99. The first-order valence-electron chi connectivity index (χ1n) is 9.98. The minimum absolute atomic E-state index is 0.0410. The average molecular weight is 395 g/mol. The Balaban J connectivity index is 1.23. The Bertz CT molecular complexity index is 833. The number of amides is 3. The maximum Gasteiger partial charge on any atom is 0.415 e. The van der Waals surface area contributed by atoms with E-state index >= 15 is 0 Å². The van der Waals surface area contributed by atoms with Crippen molar-refractivity contribution >= 4 is 12.1 Å². The lowest BCUT2D eigenvalue weighted by Gasteiger charge is -2.23. The summed E-state index contributed by atoms with van der Waals surface area (Å²) in [5, 5.41) is 2.97. The molecule has 4 rings (SSSR count). The molecule has 2 aliphatic heterocycles. The molecular formula is C22H25N3O4. The first-order chi connectivity index (χ1) is 14.2. The number of hydrogen-bond donors (Lipinski definition) is 1. The van der Waals surface area contributed by atoms with Gasteiger partial charge in [0.1, 0.15) is 17.6 Å². The molecule has 2 aliphatic rings. The van der Waals surface area contributed by atoms with Crippen molar-refractivity contribution in [1.82, 2.24) is 15.1 Å². The Morgan fingerprint density at radius 1 is 0.966 bits per heavy atom. The monoisotopic (exact) mass is 395 g/mol. The topological polar surface area (TPSA) is 71.1 Å². The minimum Gasteiger partial charge on any atom is -0.488 e.